The third kappa shape index (κ3) is 4.26. The van der Waals surface area contributed by atoms with Crippen molar-refractivity contribution >= 4 is 34.2 Å². The van der Waals surface area contributed by atoms with Gasteiger partial charge in [0.15, 0.2) is 0 Å². The molecular weight excluding hydrogens is 360 g/mol. The van der Waals surface area contributed by atoms with E-state index in [1.807, 2.05) is 12.3 Å². The summed E-state index contributed by atoms with van der Waals surface area (Å²) >= 11 is 5.85. The maximum atomic E-state index is 12.6. The van der Waals surface area contributed by atoms with Crippen molar-refractivity contribution < 1.29 is 4.79 Å². The molecule has 0 aliphatic carbocycles. The molecule has 1 atom stereocenters. The SMILES string of the molecule is O=C(Nc1ccc(Cl)cn1)[C@H]1CCCN(Cc2cccc3cccnc23)C1. The summed E-state index contributed by atoms with van der Waals surface area (Å²) in [5.41, 5.74) is 2.24. The molecule has 1 aliphatic rings. The molecule has 0 radical (unpaired) electrons. The van der Waals surface area contributed by atoms with E-state index in [1.54, 1.807) is 12.1 Å². The van der Waals surface area contributed by atoms with Gasteiger partial charge in [0, 0.05) is 30.9 Å². The molecule has 3 heterocycles. The van der Waals surface area contributed by atoms with Gasteiger partial charge in [0.05, 0.1) is 16.5 Å². The van der Waals surface area contributed by atoms with Gasteiger partial charge < -0.3 is 5.32 Å². The highest BCUT2D eigenvalue weighted by atomic mass is 35.5. The van der Waals surface area contributed by atoms with Gasteiger partial charge in [-0.2, -0.15) is 0 Å². The van der Waals surface area contributed by atoms with E-state index in [1.165, 1.54) is 11.8 Å². The van der Waals surface area contributed by atoms with Crippen LogP contribution in [0.1, 0.15) is 18.4 Å². The molecule has 0 bridgehead atoms. The number of rotatable bonds is 4. The number of likely N-dealkylation sites (tertiary alicyclic amines) is 1. The molecule has 0 spiro atoms. The highest BCUT2D eigenvalue weighted by Crippen LogP contribution is 2.23. The van der Waals surface area contributed by atoms with Gasteiger partial charge in [0.2, 0.25) is 5.91 Å². The zero-order valence-electron chi connectivity index (χ0n) is 14.9. The van der Waals surface area contributed by atoms with Gasteiger partial charge in [0.25, 0.3) is 0 Å². The normalized spacial score (nSPS) is 17.7. The minimum Gasteiger partial charge on any atom is -0.310 e. The lowest BCUT2D eigenvalue weighted by Crippen LogP contribution is -2.40. The van der Waals surface area contributed by atoms with Crippen LogP contribution in [0.2, 0.25) is 5.02 Å². The molecular formula is C21H21ClN4O. The first-order valence-electron chi connectivity index (χ1n) is 9.16. The maximum absolute atomic E-state index is 12.6. The second kappa shape index (κ2) is 8.03. The predicted octanol–water partition coefficient (Wildman–Crippen LogP) is 4.13. The van der Waals surface area contributed by atoms with Crippen LogP contribution in [0.4, 0.5) is 5.82 Å². The van der Waals surface area contributed by atoms with Crippen LogP contribution in [0.15, 0.2) is 54.9 Å². The summed E-state index contributed by atoms with van der Waals surface area (Å²) in [4.78, 5) is 23.7. The molecule has 1 aliphatic heterocycles. The van der Waals surface area contributed by atoms with Gasteiger partial charge in [-0.05, 0) is 43.1 Å². The fourth-order valence-corrected chi connectivity index (χ4v) is 3.74. The van der Waals surface area contributed by atoms with Gasteiger partial charge in [-0.15, -0.1) is 0 Å². The number of halogens is 1. The summed E-state index contributed by atoms with van der Waals surface area (Å²) in [6, 6.07) is 13.8. The van der Waals surface area contributed by atoms with Crippen molar-refractivity contribution in [3.63, 3.8) is 0 Å². The molecule has 4 rings (SSSR count). The Morgan fingerprint density at radius 1 is 1.19 bits per heavy atom. The Morgan fingerprint density at radius 3 is 2.93 bits per heavy atom. The van der Waals surface area contributed by atoms with Crippen LogP contribution in [-0.2, 0) is 11.3 Å². The quantitative estimate of drug-likeness (QED) is 0.739. The summed E-state index contributed by atoms with van der Waals surface area (Å²) in [7, 11) is 0. The topological polar surface area (TPSA) is 58.1 Å². The first-order chi connectivity index (χ1) is 13.2. The van der Waals surface area contributed by atoms with Crippen LogP contribution in [-0.4, -0.2) is 33.9 Å². The highest BCUT2D eigenvalue weighted by molar-refractivity contribution is 6.30. The van der Waals surface area contributed by atoms with Crippen LogP contribution < -0.4 is 5.32 Å². The zero-order valence-corrected chi connectivity index (χ0v) is 15.7. The lowest BCUT2D eigenvalue weighted by Gasteiger charge is -2.32. The third-order valence-corrected chi connectivity index (χ3v) is 5.19. The Kier molecular flexibility index (Phi) is 5.32. The number of benzene rings is 1. The van der Waals surface area contributed by atoms with E-state index in [2.05, 4.69) is 44.5 Å². The number of carbonyl (C=O) groups excluding carboxylic acids is 1. The van der Waals surface area contributed by atoms with Crippen LogP contribution >= 0.6 is 11.6 Å². The van der Waals surface area contributed by atoms with Crippen LogP contribution in [0.3, 0.4) is 0 Å². The van der Waals surface area contributed by atoms with Crippen LogP contribution in [0.5, 0.6) is 0 Å². The van der Waals surface area contributed by atoms with E-state index < -0.39 is 0 Å². The molecule has 2 aromatic heterocycles. The molecule has 6 heteroatoms. The lowest BCUT2D eigenvalue weighted by atomic mass is 9.96. The maximum Gasteiger partial charge on any atom is 0.229 e. The Balaban J connectivity index is 1.43. The molecule has 1 amide bonds. The van der Waals surface area contributed by atoms with Gasteiger partial charge in [-0.3, -0.25) is 14.7 Å². The van der Waals surface area contributed by atoms with Gasteiger partial charge in [-0.25, -0.2) is 4.98 Å². The first kappa shape index (κ1) is 17.9. The van der Waals surface area contributed by atoms with E-state index in [4.69, 9.17) is 11.6 Å². The number of hydrogen-bond donors (Lipinski definition) is 1. The molecule has 27 heavy (non-hydrogen) atoms. The Hall–Kier alpha value is -2.50. The van der Waals surface area contributed by atoms with E-state index in [9.17, 15) is 4.79 Å². The number of para-hydroxylation sites is 1. The Bertz CT molecular complexity index is 939. The number of nitrogens with zero attached hydrogens (tertiary/aromatic N) is 3. The summed E-state index contributed by atoms with van der Waals surface area (Å²) in [5.74, 6) is 0.518. The van der Waals surface area contributed by atoms with Crippen LogP contribution in [0.25, 0.3) is 10.9 Å². The predicted molar refractivity (Wildman–Crippen MR) is 108 cm³/mol. The number of pyridine rings is 2. The molecule has 0 unspecified atom stereocenters. The molecule has 5 nitrogen and oxygen atoms in total. The first-order valence-corrected chi connectivity index (χ1v) is 9.54. The van der Waals surface area contributed by atoms with Crippen molar-refractivity contribution in [2.24, 2.45) is 5.92 Å². The molecule has 138 valence electrons. The summed E-state index contributed by atoms with van der Waals surface area (Å²) in [6.45, 7) is 2.53. The Labute approximate surface area is 163 Å². The fourth-order valence-electron chi connectivity index (χ4n) is 3.63. The molecule has 0 saturated carbocycles. The number of aromatic nitrogens is 2. The monoisotopic (exact) mass is 380 g/mol. The van der Waals surface area contributed by atoms with Crippen molar-refractivity contribution in [3.05, 3.63) is 65.4 Å². The molecule has 1 N–H and O–H groups in total. The smallest absolute Gasteiger partial charge is 0.229 e. The van der Waals surface area contributed by atoms with E-state index >= 15 is 0 Å². The molecule has 1 aromatic carbocycles. The highest BCUT2D eigenvalue weighted by Gasteiger charge is 2.26. The van der Waals surface area contributed by atoms with Crippen molar-refractivity contribution in [2.45, 2.75) is 19.4 Å². The molecule has 1 saturated heterocycles. The standard InChI is InChI=1S/C21H21ClN4O/c22-18-8-9-19(24-12-18)25-21(27)17-7-3-11-26(14-17)13-16-5-1-4-15-6-2-10-23-20(15)16/h1-2,4-6,8-10,12,17H,3,7,11,13-14H2,(H,24,25,27)/t17-/m0/s1. The van der Waals surface area contributed by atoms with Crippen molar-refractivity contribution in [3.8, 4) is 0 Å². The fraction of sp³-hybridized carbons (Fsp3) is 0.286. The van der Waals surface area contributed by atoms with Gasteiger partial charge in [0.1, 0.15) is 5.82 Å². The minimum absolute atomic E-state index is 0.0190. The second-order valence-corrected chi connectivity index (χ2v) is 7.35. The number of nitrogens with one attached hydrogen (secondary N) is 1. The average Bonchev–Trinajstić information content (AvgIpc) is 2.70. The zero-order chi connectivity index (χ0) is 18.6. The van der Waals surface area contributed by atoms with Crippen LogP contribution in [0, 0.1) is 5.92 Å². The molecule has 3 aromatic rings. The van der Waals surface area contributed by atoms with Crippen molar-refractivity contribution in [1.29, 1.82) is 0 Å². The van der Waals surface area contributed by atoms with E-state index in [-0.39, 0.29) is 11.8 Å². The number of carbonyl (C=O) groups is 1. The molecule has 1 fully saturated rings. The summed E-state index contributed by atoms with van der Waals surface area (Å²) in [5, 5.41) is 4.61. The number of anilines is 1. The largest absolute Gasteiger partial charge is 0.310 e. The van der Waals surface area contributed by atoms with E-state index in [0.717, 1.165) is 43.4 Å². The Morgan fingerprint density at radius 2 is 2.07 bits per heavy atom. The van der Waals surface area contributed by atoms with Crippen molar-refractivity contribution in [1.82, 2.24) is 14.9 Å². The third-order valence-electron chi connectivity index (χ3n) is 4.97. The van der Waals surface area contributed by atoms with Gasteiger partial charge >= 0.3 is 0 Å². The van der Waals surface area contributed by atoms with Crippen molar-refractivity contribution in [2.75, 3.05) is 18.4 Å². The lowest BCUT2D eigenvalue weighted by molar-refractivity contribution is -0.121. The number of fused-ring (bicyclic) bond motifs is 1. The van der Waals surface area contributed by atoms with E-state index in [0.29, 0.717) is 10.8 Å². The summed E-state index contributed by atoms with van der Waals surface area (Å²) < 4.78 is 0. The average molecular weight is 381 g/mol. The van der Waals surface area contributed by atoms with Gasteiger partial charge in [-0.1, -0.05) is 35.9 Å². The number of piperidine rings is 1. The minimum atomic E-state index is -0.0424. The summed E-state index contributed by atoms with van der Waals surface area (Å²) in [6.07, 6.45) is 5.27. The number of hydrogen-bond acceptors (Lipinski definition) is 4. The number of amides is 1. The second-order valence-electron chi connectivity index (χ2n) is 6.92.